The number of aromatic nitrogens is 3. The number of carbonyl (C=O) groups is 1. The van der Waals surface area contributed by atoms with Crippen molar-refractivity contribution < 1.29 is 22.7 Å². The Bertz CT molecular complexity index is 1290. The number of hydrogen-bond acceptors (Lipinski definition) is 7. The van der Waals surface area contributed by atoms with Crippen LogP contribution in [0.25, 0.3) is 0 Å². The second kappa shape index (κ2) is 11.9. The molecule has 1 aliphatic heterocycles. The Morgan fingerprint density at radius 1 is 1.11 bits per heavy atom. The second-order valence-electron chi connectivity index (χ2n) is 8.83. The summed E-state index contributed by atoms with van der Waals surface area (Å²) in [5.41, 5.74) is 0.458. The fourth-order valence-corrected chi connectivity index (χ4v) is 4.19. The Hall–Kier alpha value is -4.15. The summed E-state index contributed by atoms with van der Waals surface area (Å²) >= 11 is 0. The number of hydrogen-bond donors (Lipinski definition) is 2. The van der Waals surface area contributed by atoms with Gasteiger partial charge in [-0.3, -0.25) is 4.79 Å². The summed E-state index contributed by atoms with van der Waals surface area (Å²) < 4.78 is 46.7. The van der Waals surface area contributed by atoms with Crippen molar-refractivity contribution in [1.82, 2.24) is 15.0 Å². The molecule has 0 atom stereocenters. The molecule has 0 bridgehead atoms. The molecule has 2 N–H and O–H groups in total. The lowest BCUT2D eigenvalue weighted by Crippen LogP contribution is -2.30. The third-order valence-electron chi connectivity index (χ3n) is 6.14. The molecule has 11 heteroatoms. The van der Waals surface area contributed by atoms with E-state index in [1.807, 2.05) is 12.1 Å². The first kappa shape index (κ1) is 26.9. The zero-order chi connectivity index (χ0) is 27.1. The summed E-state index contributed by atoms with van der Waals surface area (Å²) in [6.07, 6.45) is 1.35. The number of nitrogens with zero attached hydrogens (tertiary/aromatic N) is 4. The molecular weight excluding hydrogens is 497 g/mol. The number of aryl methyl sites for hydroxylation is 2. The minimum absolute atomic E-state index is 0.239. The number of amides is 1. The lowest BCUT2D eigenvalue weighted by Gasteiger charge is -2.28. The van der Waals surface area contributed by atoms with Gasteiger partial charge in [0, 0.05) is 31.8 Å². The van der Waals surface area contributed by atoms with Gasteiger partial charge in [-0.1, -0.05) is 18.7 Å². The Morgan fingerprint density at radius 3 is 2.53 bits per heavy atom. The summed E-state index contributed by atoms with van der Waals surface area (Å²) in [4.78, 5) is 26.8. The first-order valence-corrected chi connectivity index (χ1v) is 12.3. The number of piperidine rings is 1. The van der Waals surface area contributed by atoms with Gasteiger partial charge in [0.25, 0.3) is 0 Å². The van der Waals surface area contributed by atoms with Gasteiger partial charge in [0.2, 0.25) is 11.8 Å². The summed E-state index contributed by atoms with van der Waals surface area (Å²) in [5.74, 6) is 0.660. The van der Waals surface area contributed by atoms with Crippen LogP contribution in [0.3, 0.4) is 0 Å². The minimum atomic E-state index is -4.68. The van der Waals surface area contributed by atoms with Gasteiger partial charge in [-0.2, -0.15) is 18.2 Å². The molecule has 8 nitrogen and oxygen atoms in total. The largest absolute Gasteiger partial charge is 0.481 e. The van der Waals surface area contributed by atoms with E-state index in [0.717, 1.165) is 49.6 Å². The SMILES string of the molecule is C=CC(=O)Nc1ccccc1Nc1nc(CCc2cc(OC)nc(N3CCCCC3)c2)ncc1C(F)(F)F. The van der Waals surface area contributed by atoms with E-state index >= 15 is 0 Å². The Labute approximate surface area is 219 Å². The number of halogens is 3. The minimum Gasteiger partial charge on any atom is -0.481 e. The van der Waals surface area contributed by atoms with E-state index in [2.05, 4.69) is 37.1 Å². The predicted octanol–water partition coefficient (Wildman–Crippen LogP) is 5.54. The molecule has 1 aliphatic rings. The number of pyridine rings is 1. The highest BCUT2D eigenvalue weighted by molar-refractivity contribution is 6.01. The number of benzene rings is 1. The summed E-state index contributed by atoms with van der Waals surface area (Å²) in [6.45, 7) is 5.24. The van der Waals surface area contributed by atoms with E-state index in [4.69, 9.17) is 4.74 Å². The summed E-state index contributed by atoms with van der Waals surface area (Å²) in [7, 11) is 1.55. The van der Waals surface area contributed by atoms with Gasteiger partial charge in [0.05, 0.1) is 18.5 Å². The van der Waals surface area contributed by atoms with Crippen molar-refractivity contribution in [2.24, 2.45) is 0 Å². The molecule has 38 heavy (non-hydrogen) atoms. The molecule has 200 valence electrons. The van der Waals surface area contributed by atoms with Gasteiger partial charge >= 0.3 is 6.18 Å². The standard InChI is InChI=1S/C27H29F3N6O2/c1-3-24(37)32-20-9-5-6-10-21(20)33-26-19(27(28,29)30)17-31-22(34-26)12-11-18-15-23(35-25(16-18)38-2)36-13-7-4-8-14-36/h3,5-6,9-10,15-17H,1,4,7-8,11-14H2,2H3,(H,32,37)(H,31,33,34). The maximum Gasteiger partial charge on any atom is 0.421 e. The van der Waals surface area contributed by atoms with Crippen LogP contribution in [0.15, 0.2) is 55.3 Å². The molecule has 0 saturated carbocycles. The molecule has 1 amide bonds. The van der Waals surface area contributed by atoms with Crippen molar-refractivity contribution in [1.29, 1.82) is 0 Å². The van der Waals surface area contributed by atoms with Crippen LogP contribution in [0.4, 0.5) is 36.2 Å². The Morgan fingerprint density at radius 2 is 1.84 bits per heavy atom. The van der Waals surface area contributed by atoms with Gasteiger partial charge in [-0.05, 0) is 55.5 Å². The normalized spacial score (nSPS) is 13.6. The molecule has 1 aromatic carbocycles. The molecule has 3 aromatic rings. The fraction of sp³-hybridized carbons (Fsp3) is 0.333. The monoisotopic (exact) mass is 526 g/mol. The highest BCUT2D eigenvalue weighted by Gasteiger charge is 2.35. The predicted molar refractivity (Wildman–Crippen MR) is 140 cm³/mol. The van der Waals surface area contributed by atoms with Crippen molar-refractivity contribution in [3.63, 3.8) is 0 Å². The lowest BCUT2D eigenvalue weighted by molar-refractivity contribution is -0.137. The number of anilines is 4. The van der Waals surface area contributed by atoms with Crippen LogP contribution in [0.1, 0.15) is 36.2 Å². The third-order valence-corrected chi connectivity index (χ3v) is 6.14. The number of para-hydroxylation sites is 2. The molecule has 1 saturated heterocycles. The number of methoxy groups -OCH3 is 1. The third kappa shape index (κ3) is 6.78. The Balaban J connectivity index is 1.58. The summed E-state index contributed by atoms with van der Waals surface area (Å²) in [5, 5.41) is 5.31. The van der Waals surface area contributed by atoms with Crippen molar-refractivity contribution in [3.8, 4) is 5.88 Å². The van der Waals surface area contributed by atoms with Gasteiger partial charge in [0.1, 0.15) is 23.0 Å². The maximum atomic E-state index is 13.8. The van der Waals surface area contributed by atoms with E-state index in [-0.39, 0.29) is 11.5 Å². The van der Waals surface area contributed by atoms with Crippen molar-refractivity contribution in [2.45, 2.75) is 38.3 Å². The first-order chi connectivity index (χ1) is 18.3. The topological polar surface area (TPSA) is 92.3 Å². The van der Waals surface area contributed by atoms with Crippen molar-refractivity contribution in [2.75, 3.05) is 35.7 Å². The van der Waals surface area contributed by atoms with Gasteiger partial charge in [-0.25, -0.2) is 9.97 Å². The highest BCUT2D eigenvalue weighted by Crippen LogP contribution is 2.36. The average Bonchev–Trinajstić information content (AvgIpc) is 2.92. The van der Waals surface area contributed by atoms with E-state index in [1.165, 1.54) is 6.42 Å². The van der Waals surface area contributed by atoms with Crippen LogP contribution in [0, 0.1) is 0 Å². The summed E-state index contributed by atoms with van der Waals surface area (Å²) in [6, 6.07) is 10.2. The maximum absolute atomic E-state index is 13.8. The molecule has 0 spiro atoms. The van der Waals surface area contributed by atoms with Gasteiger partial charge in [0.15, 0.2) is 0 Å². The highest BCUT2D eigenvalue weighted by atomic mass is 19.4. The van der Waals surface area contributed by atoms with Crippen LogP contribution in [-0.2, 0) is 23.8 Å². The Kier molecular flexibility index (Phi) is 8.45. The second-order valence-corrected chi connectivity index (χ2v) is 8.83. The molecule has 0 unspecified atom stereocenters. The molecule has 4 rings (SSSR count). The molecule has 2 aromatic heterocycles. The van der Waals surface area contributed by atoms with Gasteiger partial charge < -0.3 is 20.3 Å². The smallest absolute Gasteiger partial charge is 0.421 e. The fourth-order valence-electron chi connectivity index (χ4n) is 4.19. The lowest BCUT2D eigenvalue weighted by atomic mass is 10.1. The number of ether oxygens (including phenoxy) is 1. The average molecular weight is 527 g/mol. The molecular formula is C27H29F3N6O2. The molecule has 0 aliphatic carbocycles. The molecule has 0 radical (unpaired) electrons. The van der Waals surface area contributed by atoms with E-state index in [9.17, 15) is 18.0 Å². The van der Waals surface area contributed by atoms with Crippen LogP contribution in [0.5, 0.6) is 5.88 Å². The number of rotatable bonds is 9. The van der Waals surface area contributed by atoms with Crippen LogP contribution >= 0.6 is 0 Å². The van der Waals surface area contributed by atoms with E-state index in [0.29, 0.717) is 24.4 Å². The number of alkyl halides is 3. The molecule has 1 fully saturated rings. The quantitative estimate of drug-likeness (QED) is 0.354. The van der Waals surface area contributed by atoms with Gasteiger partial charge in [-0.15, -0.1) is 0 Å². The van der Waals surface area contributed by atoms with Crippen LogP contribution < -0.4 is 20.3 Å². The van der Waals surface area contributed by atoms with Crippen LogP contribution in [0.2, 0.25) is 0 Å². The van der Waals surface area contributed by atoms with E-state index < -0.39 is 23.5 Å². The van der Waals surface area contributed by atoms with Crippen LogP contribution in [-0.4, -0.2) is 41.1 Å². The first-order valence-electron chi connectivity index (χ1n) is 12.3. The van der Waals surface area contributed by atoms with Crippen molar-refractivity contribution >= 4 is 28.9 Å². The number of nitrogens with one attached hydrogen (secondary N) is 2. The van der Waals surface area contributed by atoms with E-state index in [1.54, 1.807) is 31.4 Å². The van der Waals surface area contributed by atoms with Crippen molar-refractivity contribution in [3.05, 3.63) is 72.2 Å². The molecule has 3 heterocycles. The zero-order valence-corrected chi connectivity index (χ0v) is 21.0. The number of carbonyl (C=O) groups excluding carboxylic acids is 1. The zero-order valence-electron chi connectivity index (χ0n) is 21.0.